The normalized spacial score (nSPS) is 26.2. The Bertz CT molecular complexity index is 723. The third kappa shape index (κ3) is 3.30. The molecule has 3 aliphatic rings. The van der Waals surface area contributed by atoms with Gasteiger partial charge >= 0.3 is 24.7 Å². The topological polar surface area (TPSA) is 79.6 Å². The molecule has 0 saturated carbocycles. The van der Waals surface area contributed by atoms with Gasteiger partial charge in [-0.2, -0.15) is 5.26 Å². The van der Waals surface area contributed by atoms with Crippen LogP contribution in [-0.4, -0.2) is 42.6 Å². The number of nitrogens with zero attached hydrogens (tertiary/aromatic N) is 2. The Labute approximate surface area is 150 Å². The fraction of sp³-hybridized carbons (Fsp3) is 0.611. The van der Waals surface area contributed by atoms with Crippen molar-refractivity contribution in [2.24, 2.45) is 5.41 Å². The van der Waals surface area contributed by atoms with Crippen molar-refractivity contribution in [1.82, 2.24) is 4.90 Å². The van der Waals surface area contributed by atoms with Gasteiger partial charge in [0.2, 0.25) is 0 Å². The third-order valence-electron chi connectivity index (χ3n) is 4.85. The van der Waals surface area contributed by atoms with Gasteiger partial charge in [0, 0.05) is 18.8 Å². The molecule has 0 unspecified atom stereocenters. The van der Waals surface area contributed by atoms with Crippen LogP contribution < -0.4 is 0 Å². The summed E-state index contributed by atoms with van der Waals surface area (Å²) in [7, 11) is 0. The zero-order chi connectivity index (χ0) is 19.1. The SMILES string of the molecule is CC1(C)CC(=C2C(=O)OC(C(F)F)OC2=O)C(C#N)=C(N2CCCC2)C1. The molecule has 6 nitrogen and oxygen atoms in total. The van der Waals surface area contributed by atoms with Gasteiger partial charge in [0.05, 0.1) is 5.57 Å². The largest absolute Gasteiger partial charge is 0.415 e. The van der Waals surface area contributed by atoms with Gasteiger partial charge in [-0.15, -0.1) is 0 Å². The van der Waals surface area contributed by atoms with Crippen molar-refractivity contribution >= 4 is 11.9 Å². The maximum atomic E-state index is 12.7. The van der Waals surface area contributed by atoms with Crippen LogP contribution in [0.2, 0.25) is 0 Å². The third-order valence-corrected chi connectivity index (χ3v) is 4.85. The highest BCUT2D eigenvalue weighted by molar-refractivity contribution is 6.16. The Hall–Kier alpha value is -2.43. The van der Waals surface area contributed by atoms with Gasteiger partial charge in [0.15, 0.2) is 0 Å². The van der Waals surface area contributed by atoms with E-state index in [0.29, 0.717) is 6.42 Å². The predicted octanol–water partition coefficient (Wildman–Crippen LogP) is 2.67. The fourth-order valence-corrected chi connectivity index (χ4v) is 3.73. The van der Waals surface area contributed by atoms with E-state index in [9.17, 15) is 23.6 Å². The first-order valence-corrected chi connectivity index (χ1v) is 8.55. The number of halogens is 2. The van der Waals surface area contributed by atoms with Crippen molar-refractivity contribution in [1.29, 1.82) is 5.26 Å². The predicted molar refractivity (Wildman–Crippen MR) is 85.5 cm³/mol. The van der Waals surface area contributed by atoms with Crippen molar-refractivity contribution in [3.05, 3.63) is 22.4 Å². The van der Waals surface area contributed by atoms with Crippen LogP contribution in [0.5, 0.6) is 0 Å². The van der Waals surface area contributed by atoms with Gasteiger partial charge in [0.25, 0.3) is 0 Å². The molecule has 140 valence electrons. The van der Waals surface area contributed by atoms with Crippen molar-refractivity contribution < 1.29 is 27.8 Å². The molecular weight excluding hydrogens is 346 g/mol. The van der Waals surface area contributed by atoms with Crippen LogP contribution in [0.15, 0.2) is 22.4 Å². The average molecular weight is 366 g/mol. The van der Waals surface area contributed by atoms with E-state index >= 15 is 0 Å². The molecule has 0 radical (unpaired) electrons. The number of carbonyl (C=O) groups excluding carboxylic acids is 2. The van der Waals surface area contributed by atoms with Crippen LogP contribution in [0, 0.1) is 16.7 Å². The minimum absolute atomic E-state index is 0.230. The Morgan fingerprint density at radius 1 is 1.15 bits per heavy atom. The molecule has 0 aromatic heterocycles. The van der Waals surface area contributed by atoms with Gasteiger partial charge in [0.1, 0.15) is 11.6 Å². The van der Waals surface area contributed by atoms with E-state index in [1.165, 1.54) is 0 Å². The summed E-state index contributed by atoms with van der Waals surface area (Å²) in [5, 5.41) is 9.71. The lowest BCUT2D eigenvalue weighted by Gasteiger charge is -2.38. The highest BCUT2D eigenvalue weighted by Crippen LogP contribution is 2.45. The molecule has 0 aromatic carbocycles. The van der Waals surface area contributed by atoms with Crippen LogP contribution >= 0.6 is 0 Å². The summed E-state index contributed by atoms with van der Waals surface area (Å²) >= 11 is 0. The Morgan fingerprint density at radius 3 is 2.23 bits per heavy atom. The Kier molecular flexibility index (Phi) is 4.74. The number of esters is 2. The van der Waals surface area contributed by atoms with Crippen LogP contribution in [0.3, 0.4) is 0 Å². The number of rotatable bonds is 2. The molecule has 26 heavy (non-hydrogen) atoms. The number of cyclic esters (lactones) is 2. The van der Waals surface area contributed by atoms with Gasteiger partial charge in [-0.3, -0.25) is 0 Å². The molecule has 2 saturated heterocycles. The molecule has 0 amide bonds. The number of nitriles is 1. The molecule has 0 N–H and O–H groups in total. The Morgan fingerprint density at radius 2 is 1.73 bits per heavy atom. The molecular formula is C18H20F2N2O4. The summed E-state index contributed by atoms with van der Waals surface area (Å²) in [6.45, 7) is 5.56. The van der Waals surface area contributed by atoms with Crippen molar-refractivity contribution in [2.45, 2.75) is 52.2 Å². The minimum atomic E-state index is -3.12. The van der Waals surface area contributed by atoms with Gasteiger partial charge in [-0.1, -0.05) is 13.8 Å². The molecule has 2 fully saturated rings. The van der Waals surface area contributed by atoms with Crippen molar-refractivity contribution in [2.75, 3.05) is 13.1 Å². The van der Waals surface area contributed by atoms with E-state index in [2.05, 4.69) is 20.4 Å². The molecule has 0 spiro atoms. The molecule has 2 aliphatic heterocycles. The lowest BCUT2D eigenvalue weighted by atomic mass is 9.72. The average Bonchev–Trinajstić information content (AvgIpc) is 3.07. The quantitative estimate of drug-likeness (QED) is 0.425. The monoisotopic (exact) mass is 366 g/mol. The maximum absolute atomic E-state index is 12.7. The molecule has 3 rings (SSSR count). The smallest absolute Gasteiger partial charge is 0.349 e. The van der Waals surface area contributed by atoms with Crippen LogP contribution in [0.1, 0.15) is 39.5 Å². The Balaban J connectivity index is 2.10. The van der Waals surface area contributed by atoms with Crippen molar-refractivity contribution in [3.8, 4) is 6.07 Å². The number of carbonyl (C=O) groups is 2. The number of hydrogen-bond acceptors (Lipinski definition) is 6. The molecule has 0 aromatic rings. The first kappa shape index (κ1) is 18.4. The molecule has 8 heteroatoms. The molecule has 2 heterocycles. The molecule has 1 aliphatic carbocycles. The van der Waals surface area contributed by atoms with Crippen LogP contribution in [0.4, 0.5) is 8.78 Å². The highest BCUT2D eigenvalue weighted by atomic mass is 19.3. The summed E-state index contributed by atoms with van der Waals surface area (Å²) < 4.78 is 34.6. The maximum Gasteiger partial charge on any atom is 0.349 e. The van der Waals surface area contributed by atoms with E-state index < -0.39 is 30.2 Å². The summed E-state index contributed by atoms with van der Waals surface area (Å²) in [6.07, 6.45) is -2.39. The van der Waals surface area contributed by atoms with Gasteiger partial charge in [-0.05, 0) is 36.7 Å². The van der Waals surface area contributed by atoms with E-state index in [-0.39, 0.29) is 23.0 Å². The second-order valence-corrected chi connectivity index (χ2v) is 7.51. The first-order chi connectivity index (χ1) is 12.2. The molecule has 0 bridgehead atoms. The summed E-state index contributed by atoms with van der Waals surface area (Å²) in [4.78, 5) is 26.6. The molecule has 0 atom stereocenters. The summed E-state index contributed by atoms with van der Waals surface area (Å²) in [6, 6.07) is 2.11. The fourth-order valence-electron chi connectivity index (χ4n) is 3.73. The van der Waals surface area contributed by atoms with Crippen LogP contribution in [0.25, 0.3) is 0 Å². The van der Waals surface area contributed by atoms with E-state index in [4.69, 9.17) is 0 Å². The second kappa shape index (κ2) is 6.71. The van der Waals surface area contributed by atoms with E-state index in [1.807, 2.05) is 13.8 Å². The van der Waals surface area contributed by atoms with Crippen molar-refractivity contribution in [3.63, 3.8) is 0 Å². The number of ether oxygens (including phenoxy) is 2. The summed E-state index contributed by atoms with van der Waals surface area (Å²) in [5.41, 5.74) is 0.531. The highest BCUT2D eigenvalue weighted by Gasteiger charge is 2.44. The van der Waals surface area contributed by atoms with E-state index in [1.54, 1.807) is 0 Å². The van der Waals surface area contributed by atoms with Gasteiger partial charge in [-0.25, -0.2) is 18.4 Å². The lowest BCUT2D eigenvalue weighted by molar-refractivity contribution is -0.218. The number of hydrogen-bond donors (Lipinski definition) is 0. The standard InChI is InChI=1S/C18H20F2N2O4/c1-18(2)7-10(11(9-21)12(8-18)22-5-3-4-6-22)13-15(23)25-17(14(19)20)26-16(13)24/h14,17H,3-8H2,1-2H3. The number of alkyl halides is 2. The summed E-state index contributed by atoms with van der Waals surface area (Å²) in [5.74, 6) is -2.32. The zero-order valence-corrected chi connectivity index (χ0v) is 14.7. The number of allylic oxidation sites excluding steroid dienone is 3. The minimum Gasteiger partial charge on any atom is -0.415 e. The van der Waals surface area contributed by atoms with Crippen LogP contribution in [-0.2, 0) is 19.1 Å². The number of likely N-dealkylation sites (tertiary alicyclic amines) is 1. The van der Waals surface area contributed by atoms with E-state index in [0.717, 1.165) is 31.6 Å². The zero-order valence-electron chi connectivity index (χ0n) is 14.7. The first-order valence-electron chi connectivity index (χ1n) is 8.55. The van der Waals surface area contributed by atoms with Gasteiger partial charge < -0.3 is 14.4 Å². The second-order valence-electron chi connectivity index (χ2n) is 7.51. The lowest BCUT2D eigenvalue weighted by Crippen LogP contribution is -2.40.